The van der Waals surface area contributed by atoms with Gasteiger partial charge in [0.1, 0.15) is 12.1 Å². The molecule has 0 unspecified atom stereocenters. The number of nitrogen functional groups attached to an aromatic ring is 1. The molecule has 0 aliphatic carbocycles. The van der Waals surface area contributed by atoms with Crippen LogP contribution >= 0.6 is 0 Å². The third-order valence-electron chi connectivity index (χ3n) is 3.22. The van der Waals surface area contributed by atoms with Crippen molar-refractivity contribution < 1.29 is 9.84 Å². The monoisotopic (exact) mass is 285 g/mol. The Kier molecular flexibility index (Phi) is 3.41. The number of aromatic hydroxyl groups is 1. The SMILES string of the molecule is COCCc1nc(-n2ccnc2)nc2ccc(O)c(N)c12. The van der Waals surface area contributed by atoms with Crippen LogP contribution in [0.3, 0.4) is 0 Å². The van der Waals surface area contributed by atoms with Crippen LogP contribution in [0, 0.1) is 0 Å². The topological polar surface area (TPSA) is 99.1 Å². The van der Waals surface area contributed by atoms with E-state index in [1.165, 1.54) is 6.07 Å². The molecular weight excluding hydrogens is 270 g/mol. The molecule has 0 aliphatic heterocycles. The molecule has 108 valence electrons. The summed E-state index contributed by atoms with van der Waals surface area (Å²) in [5.74, 6) is 0.538. The minimum atomic E-state index is 0.0279. The standard InChI is InChI=1S/C14H15N5O2/c1-21-7-4-10-12-9(2-3-11(20)13(12)15)17-14(18-10)19-6-5-16-8-19/h2-3,5-6,8,20H,4,7,15H2,1H3. The Labute approximate surface area is 121 Å². The summed E-state index contributed by atoms with van der Waals surface area (Å²) in [6.45, 7) is 0.505. The van der Waals surface area contributed by atoms with Gasteiger partial charge < -0.3 is 15.6 Å². The number of rotatable bonds is 4. The van der Waals surface area contributed by atoms with Crippen molar-refractivity contribution in [3.8, 4) is 11.7 Å². The molecule has 0 saturated carbocycles. The highest BCUT2D eigenvalue weighted by Crippen LogP contribution is 2.31. The van der Waals surface area contributed by atoms with Gasteiger partial charge in [0.05, 0.1) is 23.5 Å². The Hall–Kier alpha value is -2.67. The molecule has 0 amide bonds. The van der Waals surface area contributed by atoms with Gasteiger partial charge in [0.25, 0.3) is 0 Å². The third-order valence-corrected chi connectivity index (χ3v) is 3.22. The first-order valence-electron chi connectivity index (χ1n) is 6.46. The largest absolute Gasteiger partial charge is 0.506 e. The Morgan fingerprint density at radius 1 is 1.33 bits per heavy atom. The fourth-order valence-corrected chi connectivity index (χ4v) is 2.18. The molecule has 0 saturated heterocycles. The number of hydrogen-bond acceptors (Lipinski definition) is 6. The number of hydrogen-bond donors (Lipinski definition) is 2. The van der Waals surface area contributed by atoms with Crippen LogP contribution in [0.4, 0.5) is 5.69 Å². The number of aromatic nitrogens is 4. The first-order valence-corrected chi connectivity index (χ1v) is 6.46. The highest BCUT2D eigenvalue weighted by Gasteiger charge is 2.13. The quantitative estimate of drug-likeness (QED) is 0.553. The maximum Gasteiger partial charge on any atom is 0.235 e. The zero-order valence-electron chi connectivity index (χ0n) is 11.5. The van der Waals surface area contributed by atoms with Crippen LogP contribution in [-0.4, -0.2) is 38.3 Å². The van der Waals surface area contributed by atoms with Gasteiger partial charge in [-0.3, -0.25) is 4.57 Å². The number of imidazole rings is 1. The number of benzene rings is 1. The molecule has 3 rings (SSSR count). The lowest BCUT2D eigenvalue weighted by atomic mass is 10.1. The summed E-state index contributed by atoms with van der Waals surface area (Å²) in [5.41, 5.74) is 7.67. The number of phenolic OH excluding ortho intramolecular Hbond substituents is 1. The first-order chi connectivity index (χ1) is 10.2. The van der Waals surface area contributed by atoms with Crippen molar-refractivity contribution in [2.75, 3.05) is 19.5 Å². The fourth-order valence-electron chi connectivity index (χ4n) is 2.18. The second kappa shape index (κ2) is 5.37. The van der Waals surface area contributed by atoms with Crippen LogP contribution < -0.4 is 5.73 Å². The van der Waals surface area contributed by atoms with Crippen LogP contribution in [0.25, 0.3) is 16.9 Å². The maximum absolute atomic E-state index is 9.79. The summed E-state index contributed by atoms with van der Waals surface area (Å²) in [6.07, 6.45) is 5.63. The van der Waals surface area contributed by atoms with E-state index in [1.54, 1.807) is 36.5 Å². The summed E-state index contributed by atoms with van der Waals surface area (Å²) in [6, 6.07) is 3.25. The number of phenols is 1. The zero-order valence-corrected chi connectivity index (χ0v) is 11.5. The van der Waals surface area contributed by atoms with E-state index in [4.69, 9.17) is 10.5 Å². The van der Waals surface area contributed by atoms with Crippen molar-refractivity contribution in [1.29, 1.82) is 0 Å². The molecule has 0 spiro atoms. The normalized spacial score (nSPS) is 11.1. The predicted molar refractivity (Wildman–Crippen MR) is 78.3 cm³/mol. The second-order valence-electron chi connectivity index (χ2n) is 4.58. The van der Waals surface area contributed by atoms with Crippen LogP contribution in [0.15, 0.2) is 30.9 Å². The van der Waals surface area contributed by atoms with Crippen molar-refractivity contribution in [2.24, 2.45) is 0 Å². The summed E-state index contributed by atoms with van der Waals surface area (Å²) in [5, 5.41) is 10.5. The number of methoxy groups -OCH3 is 1. The number of nitrogens with zero attached hydrogens (tertiary/aromatic N) is 4. The number of nitrogens with two attached hydrogens (primary N) is 1. The molecule has 2 aromatic heterocycles. The van der Waals surface area contributed by atoms with Crippen LogP contribution in [0.2, 0.25) is 0 Å². The highest BCUT2D eigenvalue weighted by atomic mass is 16.5. The molecule has 3 aromatic rings. The van der Waals surface area contributed by atoms with E-state index in [2.05, 4.69) is 15.0 Å². The van der Waals surface area contributed by atoms with Gasteiger partial charge in [0.15, 0.2) is 0 Å². The molecule has 0 aliphatic rings. The number of fused-ring (bicyclic) bond motifs is 1. The van der Waals surface area contributed by atoms with E-state index in [0.717, 1.165) is 5.69 Å². The van der Waals surface area contributed by atoms with Crippen LogP contribution in [0.1, 0.15) is 5.69 Å². The Morgan fingerprint density at radius 2 is 2.19 bits per heavy atom. The summed E-state index contributed by atoms with van der Waals surface area (Å²) >= 11 is 0. The lowest BCUT2D eigenvalue weighted by Crippen LogP contribution is -2.07. The van der Waals surface area contributed by atoms with Gasteiger partial charge in [0, 0.05) is 31.3 Å². The summed E-state index contributed by atoms with van der Waals surface area (Å²) in [4.78, 5) is 13.0. The Bertz CT molecular complexity index is 771. The van der Waals surface area contributed by atoms with Gasteiger partial charge in [-0.2, -0.15) is 0 Å². The molecule has 0 radical (unpaired) electrons. The predicted octanol–water partition coefficient (Wildman–Crippen LogP) is 1.29. The van der Waals surface area contributed by atoms with E-state index in [9.17, 15) is 5.11 Å². The molecule has 7 heteroatoms. The van der Waals surface area contributed by atoms with Crippen molar-refractivity contribution >= 4 is 16.6 Å². The maximum atomic E-state index is 9.79. The minimum Gasteiger partial charge on any atom is -0.506 e. The molecule has 21 heavy (non-hydrogen) atoms. The molecule has 3 N–H and O–H groups in total. The fraction of sp³-hybridized carbons (Fsp3) is 0.214. The average molecular weight is 285 g/mol. The van der Waals surface area contributed by atoms with Crippen LogP contribution in [-0.2, 0) is 11.2 Å². The highest BCUT2D eigenvalue weighted by molar-refractivity contribution is 5.95. The smallest absolute Gasteiger partial charge is 0.235 e. The van der Waals surface area contributed by atoms with E-state index in [1.807, 2.05) is 0 Å². The van der Waals surface area contributed by atoms with Crippen LogP contribution in [0.5, 0.6) is 5.75 Å². The molecule has 2 heterocycles. The van der Waals surface area contributed by atoms with Crippen molar-refractivity contribution in [1.82, 2.24) is 19.5 Å². The van der Waals surface area contributed by atoms with Gasteiger partial charge in [-0.1, -0.05) is 0 Å². The molecule has 1 aromatic carbocycles. The van der Waals surface area contributed by atoms with Gasteiger partial charge in [-0.15, -0.1) is 0 Å². The van der Waals surface area contributed by atoms with Gasteiger partial charge in [-0.25, -0.2) is 15.0 Å². The lowest BCUT2D eigenvalue weighted by molar-refractivity contribution is 0.201. The van der Waals surface area contributed by atoms with Crippen molar-refractivity contribution in [3.63, 3.8) is 0 Å². The molecule has 7 nitrogen and oxygen atoms in total. The Balaban J connectivity index is 2.24. The minimum absolute atomic E-state index is 0.0279. The lowest BCUT2D eigenvalue weighted by Gasteiger charge is -2.11. The van der Waals surface area contributed by atoms with E-state index >= 15 is 0 Å². The molecule has 0 fully saturated rings. The second-order valence-corrected chi connectivity index (χ2v) is 4.58. The number of anilines is 1. The number of ether oxygens (including phenoxy) is 1. The average Bonchev–Trinajstić information content (AvgIpc) is 3.02. The Morgan fingerprint density at radius 3 is 2.90 bits per heavy atom. The van der Waals surface area contributed by atoms with Gasteiger partial charge in [-0.05, 0) is 12.1 Å². The third kappa shape index (κ3) is 2.38. The molecule has 0 bridgehead atoms. The van der Waals surface area contributed by atoms with E-state index < -0.39 is 0 Å². The van der Waals surface area contributed by atoms with E-state index in [0.29, 0.717) is 29.9 Å². The first kappa shape index (κ1) is 13.3. The molecular formula is C14H15N5O2. The van der Waals surface area contributed by atoms with Gasteiger partial charge >= 0.3 is 0 Å². The van der Waals surface area contributed by atoms with Crippen molar-refractivity contribution in [2.45, 2.75) is 6.42 Å². The zero-order chi connectivity index (χ0) is 14.8. The summed E-state index contributed by atoms with van der Waals surface area (Å²) < 4.78 is 6.83. The van der Waals surface area contributed by atoms with Gasteiger partial charge in [0.2, 0.25) is 5.95 Å². The molecule has 0 atom stereocenters. The van der Waals surface area contributed by atoms with E-state index in [-0.39, 0.29) is 11.4 Å². The van der Waals surface area contributed by atoms with Crippen molar-refractivity contribution in [3.05, 3.63) is 36.5 Å². The summed E-state index contributed by atoms with van der Waals surface area (Å²) in [7, 11) is 1.63.